The number of nitrogen functional groups attached to an aromatic ring is 2. The van der Waals surface area contributed by atoms with Gasteiger partial charge in [0.2, 0.25) is 0 Å². The fourth-order valence-corrected chi connectivity index (χ4v) is 3.21. The van der Waals surface area contributed by atoms with E-state index in [-0.39, 0.29) is 0 Å². The van der Waals surface area contributed by atoms with Gasteiger partial charge in [0, 0.05) is 0 Å². The topological polar surface area (TPSA) is 77.8 Å². The lowest BCUT2D eigenvalue weighted by Crippen LogP contribution is -2.09. The number of anilines is 2. The molecular weight excluding hydrogens is 243 g/mol. The van der Waals surface area contributed by atoms with Crippen LogP contribution >= 0.6 is 9.24 Å². The molecule has 0 aliphatic heterocycles. The molecule has 4 nitrogen and oxygen atoms in total. The monoisotopic (exact) mass is 266 g/mol. The van der Waals surface area contributed by atoms with E-state index in [1.807, 2.05) is 0 Å². The van der Waals surface area contributed by atoms with Crippen LogP contribution in [0.15, 0.2) is 6.20 Å². The molecule has 1 fully saturated rings. The molecule has 0 aromatic carbocycles. The second-order valence-corrected chi connectivity index (χ2v) is 5.78. The first-order valence-corrected chi connectivity index (χ1v) is 7.57. The Balaban J connectivity index is 1.94. The highest BCUT2D eigenvalue weighted by Crippen LogP contribution is 2.30. The second-order valence-electron chi connectivity index (χ2n) is 5.31. The van der Waals surface area contributed by atoms with Crippen LogP contribution in [0.1, 0.15) is 37.8 Å². The summed E-state index contributed by atoms with van der Waals surface area (Å²) in [7, 11) is 2.88. The van der Waals surface area contributed by atoms with Gasteiger partial charge in [0.25, 0.3) is 0 Å². The second kappa shape index (κ2) is 6.33. The van der Waals surface area contributed by atoms with Crippen molar-refractivity contribution in [3.05, 3.63) is 11.9 Å². The predicted molar refractivity (Wildman–Crippen MR) is 79.2 cm³/mol. The van der Waals surface area contributed by atoms with E-state index < -0.39 is 0 Å². The van der Waals surface area contributed by atoms with Crippen LogP contribution in [0.4, 0.5) is 11.6 Å². The van der Waals surface area contributed by atoms with Crippen molar-refractivity contribution < 1.29 is 0 Å². The SMILES string of the molecule is Nc1ncc(CC2CCCC(CP)CC2)nc1N. The van der Waals surface area contributed by atoms with Crippen LogP contribution < -0.4 is 11.5 Å². The highest BCUT2D eigenvalue weighted by Gasteiger charge is 2.18. The van der Waals surface area contributed by atoms with E-state index in [9.17, 15) is 0 Å². The molecule has 1 aliphatic carbocycles. The number of aromatic nitrogens is 2. The van der Waals surface area contributed by atoms with Gasteiger partial charge in [0.15, 0.2) is 11.6 Å². The summed E-state index contributed by atoms with van der Waals surface area (Å²) < 4.78 is 0. The summed E-state index contributed by atoms with van der Waals surface area (Å²) in [4.78, 5) is 8.41. The highest BCUT2D eigenvalue weighted by molar-refractivity contribution is 7.16. The Bertz CT molecular complexity index is 397. The summed E-state index contributed by atoms with van der Waals surface area (Å²) in [5.41, 5.74) is 12.3. The van der Waals surface area contributed by atoms with Crippen LogP contribution in [-0.4, -0.2) is 16.1 Å². The largest absolute Gasteiger partial charge is 0.381 e. The molecule has 4 N–H and O–H groups in total. The average molecular weight is 266 g/mol. The molecular formula is C13H23N4P. The van der Waals surface area contributed by atoms with Gasteiger partial charge in [0.1, 0.15) is 0 Å². The summed E-state index contributed by atoms with van der Waals surface area (Å²) in [5, 5.41) is 0. The van der Waals surface area contributed by atoms with Gasteiger partial charge in [-0.25, -0.2) is 9.97 Å². The quantitative estimate of drug-likeness (QED) is 0.649. The third-order valence-electron chi connectivity index (χ3n) is 3.92. The smallest absolute Gasteiger partial charge is 0.166 e. The van der Waals surface area contributed by atoms with Crippen molar-refractivity contribution in [1.29, 1.82) is 0 Å². The van der Waals surface area contributed by atoms with Gasteiger partial charge in [-0.2, -0.15) is 0 Å². The number of nitrogens with zero attached hydrogens (tertiary/aromatic N) is 2. The van der Waals surface area contributed by atoms with E-state index in [0.717, 1.165) is 24.0 Å². The van der Waals surface area contributed by atoms with Gasteiger partial charge in [-0.3, -0.25) is 0 Å². The van der Waals surface area contributed by atoms with Crippen LogP contribution in [0.3, 0.4) is 0 Å². The first kappa shape index (κ1) is 13.5. The molecule has 3 unspecified atom stereocenters. The molecule has 1 saturated carbocycles. The van der Waals surface area contributed by atoms with Crippen molar-refractivity contribution in [3.8, 4) is 0 Å². The first-order chi connectivity index (χ1) is 8.69. The molecule has 0 radical (unpaired) electrons. The Morgan fingerprint density at radius 3 is 2.56 bits per heavy atom. The minimum absolute atomic E-state index is 0.336. The van der Waals surface area contributed by atoms with E-state index in [1.165, 1.54) is 38.3 Å². The fourth-order valence-electron chi connectivity index (χ4n) is 2.74. The Morgan fingerprint density at radius 1 is 1.11 bits per heavy atom. The van der Waals surface area contributed by atoms with Crippen LogP contribution in [-0.2, 0) is 6.42 Å². The zero-order valence-electron chi connectivity index (χ0n) is 10.8. The maximum atomic E-state index is 5.70. The van der Waals surface area contributed by atoms with E-state index in [4.69, 9.17) is 11.5 Å². The molecule has 3 atom stereocenters. The van der Waals surface area contributed by atoms with Gasteiger partial charge in [-0.1, -0.05) is 19.3 Å². The fraction of sp³-hybridized carbons (Fsp3) is 0.692. The van der Waals surface area contributed by atoms with Crippen LogP contribution in [0.5, 0.6) is 0 Å². The minimum atomic E-state index is 0.336. The molecule has 0 bridgehead atoms. The average Bonchev–Trinajstić information content (AvgIpc) is 2.59. The van der Waals surface area contributed by atoms with Gasteiger partial charge < -0.3 is 11.5 Å². The summed E-state index contributed by atoms with van der Waals surface area (Å²) in [5.74, 6) is 2.32. The lowest BCUT2D eigenvalue weighted by Gasteiger charge is -2.14. The van der Waals surface area contributed by atoms with Crippen molar-refractivity contribution >= 4 is 20.9 Å². The zero-order chi connectivity index (χ0) is 13.0. The van der Waals surface area contributed by atoms with Crippen molar-refractivity contribution in [3.63, 3.8) is 0 Å². The lowest BCUT2D eigenvalue weighted by atomic mass is 9.94. The number of hydrogen-bond donors (Lipinski definition) is 2. The summed E-state index contributed by atoms with van der Waals surface area (Å²) in [6.07, 6.45) is 10.6. The molecule has 1 aliphatic rings. The van der Waals surface area contributed by atoms with Crippen molar-refractivity contribution in [2.75, 3.05) is 17.6 Å². The number of hydrogen-bond acceptors (Lipinski definition) is 4. The van der Waals surface area contributed by atoms with E-state index >= 15 is 0 Å². The van der Waals surface area contributed by atoms with Crippen molar-refractivity contribution in [2.24, 2.45) is 11.8 Å². The molecule has 5 heteroatoms. The van der Waals surface area contributed by atoms with Gasteiger partial charge in [0.05, 0.1) is 11.9 Å². The van der Waals surface area contributed by atoms with E-state index in [1.54, 1.807) is 6.20 Å². The van der Waals surface area contributed by atoms with Crippen LogP contribution in [0.25, 0.3) is 0 Å². The Morgan fingerprint density at radius 2 is 1.83 bits per heavy atom. The van der Waals surface area contributed by atoms with Crippen molar-refractivity contribution in [2.45, 2.75) is 38.5 Å². The van der Waals surface area contributed by atoms with Crippen molar-refractivity contribution in [1.82, 2.24) is 9.97 Å². The Hall–Kier alpha value is -0.890. The molecule has 0 spiro atoms. The molecule has 0 saturated heterocycles. The molecule has 2 rings (SSSR count). The maximum Gasteiger partial charge on any atom is 0.166 e. The number of nitrogens with two attached hydrogens (primary N) is 2. The molecule has 18 heavy (non-hydrogen) atoms. The third kappa shape index (κ3) is 3.55. The van der Waals surface area contributed by atoms with Gasteiger partial charge in [-0.15, -0.1) is 9.24 Å². The van der Waals surface area contributed by atoms with Crippen LogP contribution in [0, 0.1) is 11.8 Å². The standard InChI is InChI=1S/C13H23N4P/c14-12-13(15)17-11(7-16-12)6-9-2-1-3-10(8-18)5-4-9/h7,9-10H,1-6,8,18H2,(H2,14,16)(H2,15,17). The van der Waals surface area contributed by atoms with Gasteiger partial charge >= 0.3 is 0 Å². The number of rotatable bonds is 3. The van der Waals surface area contributed by atoms with Gasteiger partial charge in [-0.05, 0) is 37.3 Å². The molecule has 0 amide bonds. The molecule has 1 heterocycles. The zero-order valence-corrected chi connectivity index (χ0v) is 12.0. The summed E-state index contributed by atoms with van der Waals surface area (Å²) in [6, 6.07) is 0. The van der Waals surface area contributed by atoms with E-state index in [2.05, 4.69) is 19.2 Å². The predicted octanol–water partition coefficient (Wildman–Crippen LogP) is 2.26. The normalized spacial score (nSPS) is 24.7. The summed E-state index contributed by atoms with van der Waals surface area (Å²) in [6.45, 7) is 0. The maximum absolute atomic E-state index is 5.70. The molecule has 1 aromatic heterocycles. The minimum Gasteiger partial charge on any atom is -0.381 e. The Labute approximate surface area is 111 Å². The van der Waals surface area contributed by atoms with Crippen LogP contribution in [0.2, 0.25) is 0 Å². The highest BCUT2D eigenvalue weighted by atomic mass is 31.0. The van der Waals surface area contributed by atoms with E-state index in [0.29, 0.717) is 11.6 Å². The molecule has 100 valence electrons. The third-order valence-corrected chi connectivity index (χ3v) is 4.58. The molecule has 1 aromatic rings. The first-order valence-electron chi connectivity index (χ1n) is 6.76. The lowest BCUT2D eigenvalue weighted by molar-refractivity contribution is 0.441. The Kier molecular flexibility index (Phi) is 4.76. The summed E-state index contributed by atoms with van der Waals surface area (Å²) >= 11 is 0.